The third kappa shape index (κ3) is 34.9. The van der Waals surface area contributed by atoms with E-state index in [1.54, 1.807) is 0 Å². The number of rotatable bonds is 58. The van der Waals surface area contributed by atoms with Crippen LogP contribution in [0, 0.1) is 0 Å². The molecule has 0 bridgehead atoms. The zero-order valence-electron chi connectivity index (χ0n) is 51.3. The van der Waals surface area contributed by atoms with Crippen molar-refractivity contribution in [3.05, 3.63) is 46.5 Å². The Morgan fingerprint density at radius 3 is 0.620 bits per heavy atom. The summed E-state index contributed by atoms with van der Waals surface area (Å²) >= 11 is 0. The van der Waals surface area contributed by atoms with Crippen LogP contribution in [-0.4, -0.2) is 40.8 Å². The lowest BCUT2D eigenvalue weighted by molar-refractivity contribution is 0.0684. The fourth-order valence-corrected chi connectivity index (χ4v) is 14.0. The average molecular weight is 1120 g/mol. The molecule has 9 heteroatoms. The maximum absolute atomic E-state index is 14.7. The van der Waals surface area contributed by atoms with Gasteiger partial charge in [-0.1, -0.05) is 335 Å². The molecule has 0 amide bonds. The molecule has 2 rings (SSSR count). The molecule has 0 aliphatic heterocycles. The average Bonchev–Trinajstić information content (AvgIpc) is 3.54. The summed E-state index contributed by atoms with van der Waals surface area (Å²) in [7, 11) is -4.76. The van der Waals surface area contributed by atoms with Crippen molar-refractivity contribution in [1.29, 1.82) is 0 Å². The fourth-order valence-electron chi connectivity index (χ4n) is 12.1. The van der Waals surface area contributed by atoms with Gasteiger partial charge in [0.05, 0.1) is 11.1 Å². The van der Waals surface area contributed by atoms with Gasteiger partial charge in [-0.15, -0.1) is 0 Å². The monoisotopic (exact) mass is 1120 g/mol. The second-order valence-corrected chi connectivity index (χ2v) is 26.0. The van der Waals surface area contributed by atoms with E-state index in [4.69, 9.17) is 0 Å². The molecule has 8 nitrogen and oxygen atoms in total. The van der Waals surface area contributed by atoms with Gasteiger partial charge >= 0.3 is 11.9 Å². The van der Waals surface area contributed by atoms with E-state index in [-0.39, 0.29) is 35.1 Å². The first kappa shape index (κ1) is 72.0. The lowest BCUT2D eigenvalue weighted by Gasteiger charge is -2.19. The summed E-state index contributed by atoms with van der Waals surface area (Å²) in [6.45, 7) is 4.57. The van der Waals surface area contributed by atoms with Gasteiger partial charge < -0.3 is 20.4 Å². The summed E-state index contributed by atoms with van der Waals surface area (Å²) in [6, 6.07) is 4.59. The molecule has 79 heavy (non-hydrogen) atoms. The summed E-state index contributed by atoms with van der Waals surface area (Å²) in [5, 5.41) is 42.7. The number of carbonyl (C=O) groups is 2. The van der Waals surface area contributed by atoms with Crippen molar-refractivity contribution < 1.29 is 38.4 Å². The highest BCUT2D eigenvalue weighted by atomic mass is 32.2. The standard InChI is InChI=1S/C70H122O8S/c1-3-5-7-9-11-13-15-17-19-21-23-25-27-29-31-33-35-37-39-41-43-45-47-49-51-53-55-61-63(69(73)74)57-59-65(71)67(61)79(77,78)68-62(64(70(75)76)58-60-66(68)72)56-54-52-50-48-46-44-42-40-38-36-34-32-30-28-26-24-22-20-18-16-14-12-10-8-6-4-2/h57-60,71-72H,3-56H2,1-2H3,(H,73,74)(H,75,76). The van der Waals surface area contributed by atoms with Crippen LogP contribution in [0.1, 0.15) is 380 Å². The number of phenolic OH excluding ortho intramolecular Hbond substituents is 2. The van der Waals surface area contributed by atoms with Crippen LogP contribution in [0.3, 0.4) is 0 Å². The minimum absolute atomic E-state index is 0.0110. The largest absolute Gasteiger partial charge is 0.507 e. The minimum Gasteiger partial charge on any atom is -0.507 e. The molecular weight excluding hydrogens is 1000 g/mol. The SMILES string of the molecule is CCCCCCCCCCCCCCCCCCCCCCCCCCCCc1c(C(=O)O)ccc(O)c1S(=O)(=O)c1c(O)ccc(C(=O)O)c1CCCCCCCCCCCCCCCCCCCCCCCCCCCC. The van der Waals surface area contributed by atoms with Crippen molar-refractivity contribution in [3.63, 3.8) is 0 Å². The molecule has 0 aromatic heterocycles. The quantitative estimate of drug-likeness (QED) is 0.0479. The van der Waals surface area contributed by atoms with Gasteiger partial charge in [0.1, 0.15) is 21.3 Å². The third-order valence-corrected chi connectivity index (χ3v) is 19.0. The zero-order chi connectivity index (χ0) is 57.3. The van der Waals surface area contributed by atoms with Gasteiger partial charge in [-0.05, 0) is 61.1 Å². The first-order valence-corrected chi connectivity index (χ1v) is 35.5. The van der Waals surface area contributed by atoms with Crippen LogP contribution in [0.4, 0.5) is 0 Å². The van der Waals surface area contributed by atoms with E-state index in [9.17, 15) is 38.4 Å². The van der Waals surface area contributed by atoms with Crippen LogP contribution in [0.15, 0.2) is 34.1 Å². The van der Waals surface area contributed by atoms with Gasteiger partial charge in [-0.3, -0.25) is 0 Å². The molecule has 2 aromatic rings. The molecule has 456 valence electrons. The molecule has 0 spiro atoms. The van der Waals surface area contributed by atoms with Crippen LogP contribution >= 0.6 is 0 Å². The van der Waals surface area contributed by atoms with E-state index >= 15 is 0 Å². The second-order valence-electron chi connectivity index (χ2n) is 24.2. The maximum Gasteiger partial charge on any atom is 0.336 e. The van der Waals surface area contributed by atoms with Gasteiger partial charge in [0.2, 0.25) is 9.84 Å². The van der Waals surface area contributed by atoms with Crippen molar-refractivity contribution >= 4 is 21.8 Å². The molecule has 0 saturated carbocycles. The van der Waals surface area contributed by atoms with Crippen molar-refractivity contribution in [2.75, 3.05) is 0 Å². The Morgan fingerprint density at radius 1 is 0.291 bits per heavy atom. The van der Waals surface area contributed by atoms with Crippen molar-refractivity contribution in [2.24, 2.45) is 0 Å². The van der Waals surface area contributed by atoms with Crippen molar-refractivity contribution in [1.82, 2.24) is 0 Å². The fraction of sp³-hybridized carbons (Fsp3) is 0.800. The lowest BCUT2D eigenvalue weighted by atomic mass is 9.99. The Morgan fingerprint density at radius 2 is 0.456 bits per heavy atom. The highest BCUT2D eigenvalue weighted by Gasteiger charge is 2.34. The topological polar surface area (TPSA) is 149 Å². The number of carboxylic acids is 2. The number of hydrogen-bond donors (Lipinski definition) is 4. The number of sulfone groups is 1. The van der Waals surface area contributed by atoms with Crippen LogP contribution in [0.5, 0.6) is 11.5 Å². The molecular formula is C70H122O8S. The van der Waals surface area contributed by atoms with Crippen molar-refractivity contribution in [3.8, 4) is 11.5 Å². The van der Waals surface area contributed by atoms with Crippen LogP contribution < -0.4 is 0 Å². The Labute approximate surface area is 486 Å². The predicted molar refractivity (Wildman–Crippen MR) is 334 cm³/mol. The number of aromatic carboxylic acids is 2. The van der Waals surface area contributed by atoms with E-state index in [0.29, 0.717) is 12.8 Å². The van der Waals surface area contributed by atoms with E-state index in [0.717, 1.165) is 63.5 Å². The van der Waals surface area contributed by atoms with Gasteiger partial charge in [0, 0.05) is 0 Å². The van der Waals surface area contributed by atoms with Gasteiger partial charge in [0.25, 0.3) is 0 Å². The lowest BCUT2D eigenvalue weighted by Crippen LogP contribution is -2.15. The number of aromatic hydroxyl groups is 2. The van der Waals surface area contributed by atoms with Crippen LogP contribution in [0.2, 0.25) is 0 Å². The molecule has 0 unspecified atom stereocenters. The van der Waals surface area contributed by atoms with Gasteiger partial charge in [-0.2, -0.15) is 0 Å². The first-order valence-electron chi connectivity index (χ1n) is 34.0. The molecule has 0 atom stereocenters. The van der Waals surface area contributed by atoms with Crippen molar-refractivity contribution in [2.45, 2.75) is 370 Å². The molecule has 4 N–H and O–H groups in total. The molecule has 2 aromatic carbocycles. The summed E-state index contributed by atoms with van der Waals surface area (Å²) < 4.78 is 29.3. The highest BCUT2D eigenvalue weighted by Crippen LogP contribution is 2.41. The summed E-state index contributed by atoms with van der Waals surface area (Å²) in [5.74, 6) is -3.84. The van der Waals surface area contributed by atoms with E-state index in [2.05, 4.69) is 13.8 Å². The molecule has 0 fully saturated rings. The summed E-state index contributed by atoms with van der Waals surface area (Å²) in [6.07, 6.45) is 66.6. The smallest absolute Gasteiger partial charge is 0.336 e. The van der Waals surface area contributed by atoms with Crippen LogP contribution in [-0.2, 0) is 22.7 Å². The number of phenols is 2. The van der Waals surface area contributed by atoms with Gasteiger partial charge in [-0.25, -0.2) is 18.0 Å². The number of carboxylic acid groups (broad SMARTS) is 2. The Kier molecular flexibility index (Phi) is 45.2. The zero-order valence-corrected chi connectivity index (χ0v) is 52.1. The molecule has 0 radical (unpaired) electrons. The molecule has 0 aliphatic rings. The Balaban J connectivity index is 1.66. The minimum atomic E-state index is -4.76. The third-order valence-electron chi connectivity index (χ3n) is 17.0. The van der Waals surface area contributed by atoms with E-state index in [1.807, 2.05) is 0 Å². The number of benzene rings is 2. The maximum atomic E-state index is 14.7. The second kappa shape index (κ2) is 49.5. The molecule has 0 saturated heterocycles. The normalized spacial score (nSPS) is 11.8. The summed E-state index contributed by atoms with van der Waals surface area (Å²) in [5.41, 5.74) is -0.463. The van der Waals surface area contributed by atoms with E-state index in [1.165, 1.54) is 282 Å². The van der Waals surface area contributed by atoms with E-state index < -0.39 is 43.1 Å². The predicted octanol–water partition coefficient (Wildman–Crippen LogP) is 22.7. The number of unbranched alkanes of at least 4 members (excludes halogenated alkanes) is 50. The summed E-state index contributed by atoms with van der Waals surface area (Å²) in [4.78, 5) is 23.9. The molecule has 0 aliphatic carbocycles. The first-order chi connectivity index (χ1) is 38.6. The number of hydrogen-bond acceptors (Lipinski definition) is 6. The Bertz CT molecular complexity index is 1780. The van der Waals surface area contributed by atoms with Crippen LogP contribution in [0.25, 0.3) is 0 Å². The molecule has 0 heterocycles. The highest BCUT2D eigenvalue weighted by molar-refractivity contribution is 7.91. The Hall–Kier alpha value is -3.07. The van der Waals surface area contributed by atoms with Gasteiger partial charge in [0.15, 0.2) is 0 Å².